The molecule has 0 unspecified atom stereocenters. The highest BCUT2D eigenvalue weighted by atomic mass is 19.4. The summed E-state index contributed by atoms with van der Waals surface area (Å²) >= 11 is 0. The minimum absolute atomic E-state index is 0.291. The van der Waals surface area contributed by atoms with E-state index in [1.54, 1.807) is 28.9 Å². The van der Waals surface area contributed by atoms with Gasteiger partial charge in [-0.2, -0.15) is 0 Å². The highest BCUT2D eigenvalue weighted by Crippen LogP contribution is 2.30. The molecule has 130 valence electrons. The van der Waals surface area contributed by atoms with E-state index in [0.29, 0.717) is 35.3 Å². The smallest absolute Gasteiger partial charge is 0.476 e. The summed E-state index contributed by atoms with van der Waals surface area (Å²) in [6.45, 7) is 0.622. The van der Waals surface area contributed by atoms with Crippen molar-refractivity contribution in [2.24, 2.45) is 5.92 Å². The van der Waals surface area contributed by atoms with Gasteiger partial charge >= 0.3 is 6.36 Å². The van der Waals surface area contributed by atoms with Crippen LogP contribution < -0.4 is 9.47 Å². The van der Waals surface area contributed by atoms with Crippen LogP contribution >= 0.6 is 0 Å². The van der Waals surface area contributed by atoms with E-state index in [-0.39, 0.29) is 5.75 Å². The number of halogens is 3. The number of hydrogen-bond acceptors (Lipinski definition) is 4. The second-order valence-electron chi connectivity index (χ2n) is 5.92. The summed E-state index contributed by atoms with van der Waals surface area (Å²) in [5.41, 5.74) is 1.65. The van der Waals surface area contributed by atoms with Crippen molar-refractivity contribution >= 4 is 5.65 Å². The number of imidazole rings is 1. The Morgan fingerprint density at radius 1 is 1.16 bits per heavy atom. The van der Waals surface area contributed by atoms with E-state index >= 15 is 0 Å². The maximum atomic E-state index is 12.4. The number of rotatable bonds is 5. The topological polar surface area (TPSA) is 48.7 Å². The van der Waals surface area contributed by atoms with Gasteiger partial charge in [-0.3, -0.25) is 0 Å². The van der Waals surface area contributed by atoms with Crippen molar-refractivity contribution in [2.75, 3.05) is 6.61 Å². The number of hydrogen-bond donors (Lipinski definition) is 0. The summed E-state index contributed by atoms with van der Waals surface area (Å²) in [5, 5.41) is 4.38. The van der Waals surface area contributed by atoms with Gasteiger partial charge < -0.3 is 9.47 Å². The lowest BCUT2D eigenvalue weighted by Gasteiger charge is -2.10. The molecule has 1 fully saturated rings. The molecule has 0 spiro atoms. The molecule has 1 aliphatic rings. The van der Waals surface area contributed by atoms with E-state index in [2.05, 4.69) is 14.8 Å². The first-order valence-electron chi connectivity index (χ1n) is 7.82. The molecule has 1 aliphatic carbocycles. The Kier molecular flexibility index (Phi) is 3.74. The van der Waals surface area contributed by atoms with E-state index in [1.165, 1.54) is 31.0 Å². The summed E-state index contributed by atoms with van der Waals surface area (Å²) < 4.78 is 48.4. The second kappa shape index (κ2) is 5.94. The minimum atomic E-state index is -4.74. The van der Waals surface area contributed by atoms with Crippen LogP contribution in [0, 0.1) is 5.92 Å². The van der Waals surface area contributed by atoms with E-state index in [4.69, 9.17) is 4.74 Å². The van der Waals surface area contributed by atoms with Gasteiger partial charge in [0.25, 0.3) is 0 Å². The summed E-state index contributed by atoms with van der Waals surface area (Å²) in [7, 11) is 0. The lowest BCUT2D eigenvalue weighted by molar-refractivity contribution is -0.274. The Balaban J connectivity index is 1.65. The fourth-order valence-corrected chi connectivity index (χ4v) is 2.47. The van der Waals surface area contributed by atoms with Gasteiger partial charge in [-0.1, -0.05) is 12.1 Å². The molecule has 0 atom stereocenters. The molecule has 2 heterocycles. The third-order valence-electron chi connectivity index (χ3n) is 3.87. The Bertz CT molecular complexity index is 904. The first-order chi connectivity index (χ1) is 12.0. The molecule has 0 radical (unpaired) electrons. The van der Waals surface area contributed by atoms with Gasteiger partial charge in [0.2, 0.25) is 5.88 Å². The lowest BCUT2D eigenvalue weighted by atomic mass is 10.1. The molecule has 0 saturated heterocycles. The molecule has 1 saturated carbocycles. The minimum Gasteiger partial charge on any atom is -0.476 e. The van der Waals surface area contributed by atoms with Crippen molar-refractivity contribution in [3.8, 4) is 22.9 Å². The predicted molar refractivity (Wildman–Crippen MR) is 83.3 cm³/mol. The molecule has 0 N–H and O–H groups in total. The summed E-state index contributed by atoms with van der Waals surface area (Å²) in [6, 6.07) is 9.20. The highest BCUT2D eigenvalue weighted by molar-refractivity contribution is 5.64. The second-order valence-corrected chi connectivity index (χ2v) is 5.92. The molecule has 5 nitrogen and oxygen atoms in total. The van der Waals surface area contributed by atoms with Gasteiger partial charge in [0.1, 0.15) is 5.75 Å². The quantitative estimate of drug-likeness (QED) is 0.696. The van der Waals surface area contributed by atoms with Crippen molar-refractivity contribution in [3.05, 3.63) is 42.6 Å². The number of aromatic nitrogens is 3. The van der Waals surface area contributed by atoms with Crippen molar-refractivity contribution in [2.45, 2.75) is 19.2 Å². The van der Waals surface area contributed by atoms with Crippen molar-refractivity contribution in [1.29, 1.82) is 0 Å². The normalized spacial score (nSPS) is 14.7. The zero-order chi connectivity index (χ0) is 17.4. The molecule has 2 aromatic heterocycles. The number of benzene rings is 1. The molecule has 8 heteroatoms. The Hall–Kier alpha value is -2.77. The maximum Gasteiger partial charge on any atom is 0.573 e. The molecule has 0 bridgehead atoms. The van der Waals surface area contributed by atoms with Crippen LogP contribution in [0.4, 0.5) is 13.2 Å². The third kappa shape index (κ3) is 3.67. The molecule has 3 aromatic rings. The van der Waals surface area contributed by atoms with Gasteiger partial charge in [0.05, 0.1) is 18.5 Å². The molecule has 1 aromatic carbocycles. The number of nitrogens with zero attached hydrogens (tertiary/aromatic N) is 3. The lowest BCUT2D eigenvalue weighted by Crippen LogP contribution is -2.17. The monoisotopic (exact) mass is 349 g/mol. The molecule has 0 aliphatic heterocycles. The van der Waals surface area contributed by atoms with Crippen LogP contribution in [0.2, 0.25) is 0 Å². The van der Waals surface area contributed by atoms with Crippen LogP contribution in [-0.4, -0.2) is 27.6 Å². The van der Waals surface area contributed by atoms with E-state index in [1.807, 2.05) is 0 Å². The Labute approximate surface area is 141 Å². The van der Waals surface area contributed by atoms with E-state index < -0.39 is 6.36 Å². The van der Waals surface area contributed by atoms with Gasteiger partial charge in [-0.15, -0.1) is 18.3 Å². The Morgan fingerprint density at radius 3 is 2.76 bits per heavy atom. The highest BCUT2D eigenvalue weighted by Gasteiger charge is 2.31. The average molecular weight is 349 g/mol. The summed E-state index contributed by atoms with van der Waals surface area (Å²) in [5.74, 6) is 0.762. The molecular weight excluding hydrogens is 335 g/mol. The number of ether oxygens (including phenoxy) is 2. The molecule has 25 heavy (non-hydrogen) atoms. The SMILES string of the molecule is FC(F)(F)Oc1cccc(-c2cnc3ccc(OCC4CC4)nn23)c1. The first kappa shape index (κ1) is 15.7. The number of fused-ring (bicyclic) bond motifs is 1. The average Bonchev–Trinajstić information content (AvgIpc) is 3.29. The van der Waals surface area contributed by atoms with Crippen LogP contribution in [0.15, 0.2) is 42.6 Å². The van der Waals surface area contributed by atoms with Gasteiger partial charge in [-0.25, -0.2) is 9.50 Å². The van der Waals surface area contributed by atoms with Crippen LogP contribution in [0.3, 0.4) is 0 Å². The van der Waals surface area contributed by atoms with Gasteiger partial charge in [0, 0.05) is 11.6 Å². The molecular formula is C17H14F3N3O2. The zero-order valence-electron chi connectivity index (χ0n) is 13.0. The summed E-state index contributed by atoms with van der Waals surface area (Å²) in [6.07, 6.45) is -0.838. The first-order valence-corrected chi connectivity index (χ1v) is 7.82. The van der Waals surface area contributed by atoms with Crippen LogP contribution in [0.25, 0.3) is 16.9 Å². The van der Waals surface area contributed by atoms with Gasteiger partial charge in [-0.05, 0) is 37.0 Å². The number of alkyl halides is 3. The molecule has 4 rings (SSSR count). The third-order valence-corrected chi connectivity index (χ3v) is 3.87. The maximum absolute atomic E-state index is 12.4. The zero-order valence-corrected chi connectivity index (χ0v) is 13.0. The summed E-state index contributed by atoms with van der Waals surface area (Å²) in [4.78, 5) is 4.23. The molecule has 0 amide bonds. The predicted octanol–water partition coefficient (Wildman–Crippen LogP) is 4.08. The van der Waals surface area contributed by atoms with E-state index in [9.17, 15) is 13.2 Å². The van der Waals surface area contributed by atoms with Crippen molar-refractivity contribution in [3.63, 3.8) is 0 Å². The Morgan fingerprint density at radius 2 is 2.00 bits per heavy atom. The fraction of sp³-hybridized carbons (Fsp3) is 0.294. The van der Waals surface area contributed by atoms with Crippen molar-refractivity contribution < 1.29 is 22.6 Å². The van der Waals surface area contributed by atoms with E-state index in [0.717, 1.165) is 0 Å². The van der Waals surface area contributed by atoms with Crippen LogP contribution in [0.5, 0.6) is 11.6 Å². The largest absolute Gasteiger partial charge is 0.573 e. The van der Waals surface area contributed by atoms with Crippen LogP contribution in [-0.2, 0) is 0 Å². The van der Waals surface area contributed by atoms with Crippen LogP contribution in [0.1, 0.15) is 12.8 Å². The van der Waals surface area contributed by atoms with Gasteiger partial charge in [0.15, 0.2) is 5.65 Å². The van der Waals surface area contributed by atoms with Crippen molar-refractivity contribution in [1.82, 2.24) is 14.6 Å². The standard InChI is InChI=1S/C17H14F3N3O2/c18-17(19,20)25-13-3-1-2-12(8-13)14-9-21-15-6-7-16(22-23(14)15)24-10-11-4-5-11/h1-3,6-9,11H,4-5,10H2. The fourth-order valence-electron chi connectivity index (χ4n) is 2.47.